The molecular formula is C23H41NO4. The molecule has 4 atom stereocenters. The van der Waals surface area contributed by atoms with Gasteiger partial charge in [-0.25, -0.2) is 4.79 Å². The summed E-state index contributed by atoms with van der Waals surface area (Å²) in [5.74, 6) is 1.70. The highest BCUT2D eigenvalue weighted by molar-refractivity contribution is 5.70. The molecule has 162 valence electrons. The van der Waals surface area contributed by atoms with Gasteiger partial charge in [-0.15, -0.1) is 0 Å². The summed E-state index contributed by atoms with van der Waals surface area (Å²) in [7, 11) is 0. The van der Waals surface area contributed by atoms with Crippen LogP contribution in [0.2, 0.25) is 0 Å². The molecule has 5 heteroatoms. The van der Waals surface area contributed by atoms with E-state index in [1.54, 1.807) is 0 Å². The zero-order chi connectivity index (χ0) is 20.7. The molecule has 2 aliphatic heterocycles. The summed E-state index contributed by atoms with van der Waals surface area (Å²) in [4.78, 5) is 15.1. The van der Waals surface area contributed by atoms with Crippen LogP contribution in [0.4, 0.5) is 4.79 Å². The summed E-state index contributed by atoms with van der Waals surface area (Å²) >= 11 is 0. The van der Waals surface area contributed by atoms with E-state index in [4.69, 9.17) is 14.2 Å². The van der Waals surface area contributed by atoms with Crippen molar-refractivity contribution in [1.29, 1.82) is 0 Å². The topological polar surface area (TPSA) is 48.0 Å². The number of hydrogen-bond donors (Lipinski definition) is 0. The molecule has 0 aromatic carbocycles. The standard InChI is InChI=1S/C23H41NO4/c1-15(2)17-14-26-19(17)20-18(13-16-11-9-8-10-12-16)24(23(6,7)27-20)21(25)28-22(3,4)5/h15-20H,8-14H2,1-7H3/t17-,18-,19-,20+/m0/s1. The minimum atomic E-state index is -0.688. The molecule has 0 spiro atoms. The maximum atomic E-state index is 13.2. The minimum absolute atomic E-state index is 0.0134. The van der Waals surface area contributed by atoms with Crippen molar-refractivity contribution in [1.82, 2.24) is 4.90 Å². The lowest BCUT2D eigenvalue weighted by Gasteiger charge is -2.44. The molecule has 3 rings (SSSR count). The fraction of sp³-hybridized carbons (Fsp3) is 0.957. The zero-order valence-corrected chi connectivity index (χ0v) is 19.0. The summed E-state index contributed by atoms with van der Waals surface area (Å²) in [6, 6.07) is 0.0134. The van der Waals surface area contributed by atoms with Crippen LogP contribution in [-0.4, -0.2) is 47.2 Å². The second-order valence-electron chi connectivity index (χ2n) is 10.9. The SMILES string of the molecule is CC(C)[C@@H]1CO[C@@H]1[C@@H]1OC(C)(C)N(C(=O)OC(C)(C)C)[C@H]1CC1CCCCC1. The largest absolute Gasteiger partial charge is 0.444 e. The molecule has 0 N–H and O–H groups in total. The van der Waals surface area contributed by atoms with Crippen LogP contribution >= 0.6 is 0 Å². The van der Waals surface area contributed by atoms with Gasteiger partial charge in [-0.3, -0.25) is 4.90 Å². The van der Waals surface area contributed by atoms with Crippen molar-refractivity contribution < 1.29 is 19.0 Å². The molecule has 2 saturated heterocycles. The van der Waals surface area contributed by atoms with E-state index in [-0.39, 0.29) is 24.3 Å². The zero-order valence-electron chi connectivity index (χ0n) is 19.0. The highest BCUT2D eigenvalue weighted by atomic mass is 16.6. The van der Waals surface area contributed by atoms with Gasteiger partial charge in [0.1, 0.15) is 17.4 Å². The molecule has 2 heterocycles. The minimum Gasteiger partial charge on any atom is -0.444 e. The Bertz CT molecular complexity index is 547. The molecule has 5 nitrogen and oxygen atoms in total. The van der Waals surface area contributed by atoms with Crippen molar-refractivity contribution in [3.05, 3.63) is 0 Å². The monoisotopic (exact) mass is 395 g/mol. The lowest BCUT2D eigenvalue weighted by Crippen LogP contribution is -2.56. The second kappa shape index (κ2) is 8.14. The average Bonchev–Trinajstić information content (AvgIpc) is 2.75. The molecule has 1 aliphatic carbocycles. The Kier molecular flexibility index (Phi) is 6.36. The molecule has 3 fully saturated rings. The normalized spacial score (nSPS) is 33.8. The predicted octanol–water partition coefficient (Wildman–Crippen LogP) is 5.37. The third-order valence-corrected chi connectivity index (χ3v) is 6.69. The molecule has 0 radical (unpaired) electrons. The number of carbonyl (C=O) groups excluding carboxylic acids is 1. The number of hydrogen-bond acceptors (Lipinski definition) is 4. The summed E-state index contributed by atoms with van der Waals surface area (Å²) in [5.41, 5.74) is -1.21. The summed E-state index contributed by atoms with van der Waals surface area (Å²) < 4.78 is 18.4. The Morgan fingerprint density at radius 2 is 1.79 bits per heavy atom. The molecule has 0 bridgehead atoms. The highest BCUT2D eigenvalue weighted by Gasteiger charge is 2.57. The van der Waals surface area contributed by atoms with Gasteiger partial charge in [0.25, 0.3) is 0 Å². The first-order chi connectivity index (χ1) is 13.0. The van der Waals surface area contributed by atoms with Gasteiger partial charge in [-0.1, -0.05) is 46.0 Å². The van der Waals surface area contributed by atoms with Gasteiger partial charge < -0.3 is 14.2 Å². The third-order valence-electron chi connectivity index (χ3n) is 6.69. The van der Waals surface area contributed by atoms with Gasteiger partial charge in [0.2, 0.25) is 0 Å². The molecule has 28 heavy (non-hydrogen) atoms. The third kappa shape index (κ3) is 4.67. The fourth-order valence-corrected chi connectivity index (χ4v) is 5.20. The van der Waals surface area contributed by atoms with E-state index in [1.807, 2.05) is 39.5 Å². The van der Waals surface area contributed by atoms with E-state index in [2.05, 4.69) is 13.8 Å². The van der Waals surface area contributed by atoms with Crippen LogP contribution in [0.15, 0.2) is 0 Å². The van der Waals surface area contributed by atoms with Gasteiger partial charge in [-0.2, -0.15) is 0 Å². The Balaban J connectivity index is 1.85. The van der Waals surface area contributed by atoms with Crippen molar-refractivity contribution in [2.45, 2.75) is 117 Å². The molecule has 0 unspecified atom stereocenters. The smallest absolute Gasteiger partial charge is 0.412 e. The number of rotatable bonds is 4. The maximum Gasteiger partial charge on any atom is 0.412 e. The first-order valence-corrected chi connectivity index (χ1v) is 11.3. The maximum absolute atomic E-state index is 13.2. The van der Waals surface area contributed by atoms with Crippen molar-refractivity contribution in [2.75, 3.05) is 6.61 Å². The van der Waals surface area contributed by atoms with E-state index in [9.17, 15) is 4.79 Å². The number of carbonyl (C=O) groups is 1. The highest BCUT2D eigenvalue weighted by Crippen LogP contribution is 2.44. The Hall–Kier alpha value is -0.810. The number of nitrogens with zero attached hydrogens (tertiary/aromatic N) is 1. The Morgan fingerprint density at radius 1 is 1.14 bits per heavy atom. The molecule has 1 saturated carbocycles. The summed E-state index contributed by atoms with van der Waals surface area (Å²) in [5, 5.41) is 0. The van der Waals surface area contributed by atoms with Crippen molar-refractivity contribution in [3.63, 3.8) is 0 Å². The van der Waals surface area contributed by atoms with E-state index < -0.39 is 11.3 Å². The van der Waals surface area contributed by atoms with E-state index in [0.717, 1.165) is 13.0 Å². The lowest BCUT2D eigenvalue weighted by molar-refractivity contribution is -0.203. The number of ether oxygens (including phenoxy) is 3. The molecular weight excluding hydrogens is 354 g/mol. The predicted molar refractivity (Wildman–Crippen MR) is 110 cm³/mol. The quantitative estimate of drug-likeness (QED) is 0.642. The van der Waals surface area contributed by atoms with Crippen LogP contribution in [0.5, 0.6) is 0 Å². The van der Waals surface area contributed by atoms with Crippen molar-refractivity contribution in [2.24, 2.45) is 17.8 Å². The van der Waals surface area contributed by atoms with E-state index in [1.165, 1.54) is 32.1 Å². The first kappa shape index (κ1) is 21.9. The van der Waals surface area contributed by atoms with Crippen LogP contribution < -0.4 is 0 Å². The van der Waals surface area contributed by atoms with Crippen molar-refractivity contribution >= 4 is 6.09 Å². The van der Waals surface area contributed by atoms with Crippen LogP contribution in [0.1, 0.15) is 87.0 Å². The van der Waals surface area contributed by atoms with Gasteiger partial charge in [0.05, 0.1) is 18.8 Å². The molecule has 3 aliphatic rings. The molecule has 1 amide bonds. The molecule has 0 aromatic heterocycles. The Labute approximate surface area is 171 Å². The lowest BCUT2D eigenvalue weighted by atomic mass is 9.78. The Morgan fingerprint density at radius 3 is 2.29 bits per heavy atom. The summed E-state index contributed by atoms with van der Waals surface area (Å²) in [6.07, 6.45) is 7.16. The van der Waals surface area contributed by atoms with Crippen LogP contribution in [0.3, 0.4) is 0 Å². The van der Waals surface area contributed by atoms with Crippen LogP contribution in [0, 0.1) is 17.8 Å². The van der Waals surface area contributed by atoms with Gasteiger partial charge in [0.15, 0.2) is 0 Å². The van der Waals surface area contributed by atoms with Crippen LogP contribution in [0.25, 0.3) is 0 Å². The van der Waals surface area contributed by atoms with Gasteiger partial charge in [-0.05, 0) is 52.9 Å². The average molecular weight is 396 g/mol. The van der Waals surface area contributed by atoms with Crippen molar-refractivity contribution in [3.8, 4) is 0 Å². The summed E-state index contributed by atoms with van der Waals surface area (Å²) in [6.45, 7) is 15.1. The van der Waals surface area contributed by atoms with E-state index in [0.29, 0.717) is 17.8 Å². The molecule has 0 aromatic rings. The second-order valence-corrected chi connectivity index (χ2v) is 10.9. The van der Waals surface area contributed by atoms with Crippen LogP contribution in [-0.2, 0) is 14.2 Å². The van der Waals surface area contributed by atoms with Gasteiger partial charge in [0, 0.05) is 5.92 Å². The van der Waals surface area contributed by atoms with E-state index >= 15 is 0 Å². The fourth-order valence-electron chi connectivity index (χ4n) is 5.20. The number of amides is 1. The first-order valence-electron chi connectivity index (χ1n) is 11.3. The van der Waals surface area contributed by atoms with Gasteiger partial charge >= 0.3 is 6.09 Å².